The van der Waals surface area contributed by atoms with E-state index in [4.69, 9.17) is 11.6 Å². The Morgan fingerprint density at radius 2 is 1.77 bits per heavy atom. The summed E-state index contributed by atoms with van der Waals surface area (Å²) in [6, 6.07) is 9.80. The smallest absolute Gasteiger partial charge is 0.0737 e. The predicted octanol–water partition coefficient (Wildman–Crippen LogP) is 5.12. The summed E-state index contributed by atoms with van der Waals surface area (Å²) in [5.74, 6) is 0.846. The molecule has 4 heteroatoms. The van der Waals surface area contributed by atoms with Crippen molar-refractivity contribution in [1.82, 2.24) is 9.88 Å². The highest BCUT2D eigenvalue weighted by Gasteiger charge is 2.42. The normalized spacial score (nSPS) is 29.9. The molecule has 138 valence electrons. The number of hydrogen-bond donors (Lipinski definition) is 0. The van der Waals surface area contributed by atoms with Gasteiger partial charge in [0.1, 0.15) is 0 Å². The van der Waals surface area contributed by atoms with E-state index in [-0.39, 0.29) is 0 Å². The summed E-state index contributed by atoms with van der Waals surface area (Å²) in [5, 5.41) is 2.02. The van der Waals surface area contributed by atoms with Crippen LogP contribution < -0.4 is 4.90 Å². The molecule has 1 saturated carbocycles. The Hall–Kier alpha value is -1.32. The standard InChI is InChI=1S/C22H28ClN3/c23-17-8-9-18-19(15-17)24-11-10-20(18)26-14-4-6-16-5-3-7-21(22(16)26)25-12-1-2-13-25/h8-11,15-16,21-22H,1-7,12-14H2/t16-,21+,22+/m1/s1. The molecule has 26 heavy (non-hydrogen) atoms. The quantitative estimate of drug-likeness (QED) is 0.732. The molecule has 2 aliphatic heterocycles. The van der Waals surface area contributed by atoms with Gasteiger partial charge in [0.15, 0.2) is 0 Å². The lowest BCUT2D eigenvalue weighted by Crippen LogP contribution is -2.59. The lowest BCUT2D eigenvalue weighted by Gasteiger charge is -2.52. The molecule has 0 unspecified atom stereocenters. The minimum Gasteiger partial charge on any atom is -0.366 e. The minimum absolute atomic E-state index is 0.664. The summed E-state index contributed by atoms with van der Waals surface area (Å²) in [4.78, 5) is 10.1. The van der Waals surface area contributed by atoms with Crippen molar-refractivity contribution < 1.29 is 0 Å². The van der Waals surface area contributed by atoms with Crippen LogP contribution in [0.3, 0.4) is 0 Å². The maximum atomic E-state index is 6.22. The van der Waals surface area contributed by atoms with Gasteiger partial charge in [-0.15, -0.1) is 0 Å². The third kappa shape index (κ3) is 2.90. The lowest BCUT2D eigenvalue weighted by atomic mass is 9.74. The monoisotopic (exact) mass is 369 g/mol. The Bertz CT molecular complexity index is 784. The number of nitrogens with zero attached hydrogens (tertiary/aromatic N) is 3. The molecule has 5 rings (SSSR count). The molecular weight excluding hydrogens is 342 g/mol. The SMILES string of the molecule is Clc1ccc2c(N3CCC[C@H]4CCC[C@H](N5CCCC5)[C@H]43)ccnc2c1. The van der Waals surface area contributed by atoms with E-state index in [9.17, 15) is 0 Å². The number of pyridine rings is 1. The van der Waals surface area contributed by atoms with Crippen molar-refractivity contribution in [3.8, 4) is 0 Å². The molecule has 0 N–H and O–H groups in total. The van der Waals surface area contributed by atoms with E-state index in [1.165, 1.54) is 75.7 Å². The molecule has 3 fully saturated rings. The molecule has 3 heterocycles. The molecule has 3 aliphatic rings. The van der Waals surface area contributed by atoms with Crippen molar-refractivity contribution in [3.05, 3.63) is 35.5 Å². The molecule has 1 aliphatic carbocycles. The molecule has 2 saturated heterocycles. The van der Waals surface area contributed by atoms with Crippen LogP contribution in [0.15, 0.2) is 30.5 Å². The van der Waals surface area contributed by atoms with Crippen LogP contribution in [0.2, 0.25) is 5.02 Å². The summed E-state index contributed by atoms with van der Waals surface area (Å²) in [6.45, 7) is 3.77. The van der Waals surface area contributed by atoms with E-state index in [0.717, 1.165) is 22.5 Å². The van der Waals surface area contributed by atoms with E-state index >= 15 is 0 Å². The van der Waals surface area contributed by atoms with Gasteiger partial charge in [-0.05, 0) is 81.8 Å². The summed E-state index contributed by atoms with van der Waals surface area (Å²) in [5.41, 5.74) is 2.39. The van der Waals surface area contributed by atoms with Gasteiger partial charge in [0.25, 0.3) is 0 Å². The van der Waals surface area contributed by atoms with Crippen LogP contribution in [0.5, 0.6) is 0 Å². The van der Waals surface area contributed by atoms with Crippen LogP contribution in [0.25, 0.3) is 10.9 Å². The number of aromatic nitrogens is 1. The van der Waals surface area contributed by atoms with Gasteiger partial charge in [0.05, 0.1) is 5.52 Å². The van der Waals surface area contributed by atoms with Crippen molar-refractivity contribution in [1.29, 1.82) is 0 Å². The maximum absolute atomic E-state index is 6.22. The number of piperidine rings is 1. The van der Waals surface area contributed by atoms with Gasteiger partial charge in [-0.3, -0.25) is 9.88 Å². The summed E-state index contributed by atoms with van der Waals surface area (Å²) >= 11 is 6.22. The van der Waals surface area contributed by atoms with E-state index in [1.807, 2.05) is 18.3 Å². The van der Waals surface area contributed by atoms with Crippen molar-refractivity contribution in [3.63, 3.8) is 0 Å². The zero-order valence-electron chi connectivity index (χ0n) is 15.4. The second-order valence-electron chi connectivity index (χ2n) is 8.32. The fraction of sp³-hybridized carbons (Fsp3) is 0.591. The number of anilines is 1. The summed E-state index contributed by atoms with van der Waals surface area (Å²) < 4.78 is 0. The molecule has 2 aromatic rings. The molecule has 1 aromatic heterocycles. The third-order valence-corrected chi connectivity index (χ3v) is 7.12. The van der Waals surface area contributed by atoms with Crippen LogP contribution in [0.4, 0.5) is 5.69 Å². The Morgan fingerprint density at radius 3 is 2.65 bits per heavy atom. The Morgan fingerprint density at radius 1 is 0.923 bits per heavy atom. The van der Waals surface area contributed by atoms with Crippen LogP contribution >= 0.6 is 11.6 Å². The second kappa shape index (κ2) is 7.01. The number of benzene rings is 1. The molecule has 0 bridgehead atoms. The number of rotatable bonds is 2. The molecule has 3 atom stereocenters. The topological polar surface area (TPSA) is 19.4 Å². The van der Waals surface area contributed by atoms with Crippen LogP contribution in [-0.4, -0.2) is 41.6 Å². The van der Waals surface area contributed by atoms with Crippen molar-refractivity contribution in [2.75, 3.05) is 24.5 Å². The fourth-order valence-electron chi connectivity index (χ4n) is 5.80. The van der Waals surface area contributed by atoms with Crippen LogP contribution in [0, 0.1) is 5.92 Å². The number of likely N-dealkylation sites (tertiary alicyclic amines) is 1. The number of hydrogen-bond acceptors (Lipinski definition) is 3. The van der Waals surface area contributed by atoms with Gasteiger partial charge in [-0.1, -0.05) is 18.0 Å². The molecule has 3 nitrogen and oxygen atoms in total. The number of halogens is 1. The maximum Gasteiger partial charge on any atom is 0.0737 e. The van der Waals surface area contributed by atoms with Crippen molar-refractivity contribution in [2.45, 2.75) is 57.0 Å². The van der Waals surface area contributed by atoms with E-state index < -0.39 is 0 Å². The predicted molar refractivity (Wildman–Crippen MR) is 109 cm³/mol. The van der Waals surface area contributed by atoms with Crippen molar-refractivity contribution >= 4 is 28.2 Å². The van der Waals surface area contributed by atoms with Crippen LogP contribution in [0.1, 0.15) is 44.9 Å². The van der Waals surface area contributed by atoms with Crippen LogP contribution in [-0.2, 0) is 0 Å². The van der Waals surface area contributed by atoms with Gasteiger partial charge in [0, 0.05) is 40.9 Å². The summed E-state index contributed by atoms with van der Waals surface area (Å²) in [6.07, 6.45) is 11.6. The van der Waals surface area contributed by atoms with Gasteiger partial charge in [-0.2, -0.15) is 0 Å². The summed E-state index contributed by atoms with van der Waals surface area (Å²) in [7, 11) is 0. The van der Waals surface area contributed by atoms with E-state index in [0.29, 0.717) is 6.04 Å². The van der Waals surface area contributed by atoms with E-state index in [2.05, 4.69) is 26.9 Å². The molecule has 0 amide bonds. The molecule has 0 radical (unpaired) electrons. The first-order valence-electron chi connectivity index (χ1n) is 10.4. The highest BCUT2D eigenvalue weighted by Crippen LogP contribution is 2.42. The minimum atomic E-state index is 0.664. The lowest BCUT2D eigenvalue weighted by molar-refractivity contribution is 0.107. The zero-order chi connectivity index (χ0) is 17.5. The number of fused-ring (bicyclic) bond motifs is 2. The fourth-order valence-corrected chi connectivity index (χ4v) is 5.97. The first-order chi connectivity index (χ1) is 12.8. The molecular formula is C22H28ClN3. The average molecular weight is 370 g/mol. The Labute approximate surface area is 161 Å². The third-order valence-electron chi connectivity index (χ3n) is 6.89. The zero-order valence-corrected chi connectivity index (χ0v) is 16.2. The van der Waals surface area contributed by atoms with Gasteiger partial charge >= 0.3 is 0 Å². The largest absolute Gasteiger partial charge is 0.366 e. The Balaban J connectivity index is 1.56. The van der Waals surface area contributed by atoms with Gasteiger partial charge in [-0.25, -0.2) is 0 Å². The van der Waals surface area contributed by atoms with Crippen molar-refractivity contribution in [2.24, 2.45) is 5.92 Å². The van der Waals surface area contributed by atoms with E-state index in [1.54, 1.807) is 0 Å². The first kappa shape index (κ1) is 16.8. The second-order valence-corrected chi connectivity index (χ2v) is 8.76. The first-order valence-corrected chi connectivity index (χ1v) is 10.7. The molecule has 0 spiro atoms. The molecule has 1 aromatic carbocycles. The Kier molecular flexibility index (Phi) is 4.54. The van der Waals surface area contributed by atoms with Gasteiger partial charge in [0.2, 0.25) is 0 Å². The van der Waals surface area contributed by atoms with Gasteiger partial charge < -0.3 is 4.90 Å². The highest BCUT2D eigenvalue weighted by molar-refractivity contribution is 6.31. The highest BCUT2D eigenvalue weighted by atomic mass is 35.5. The average Bonchev–Trinajstić information content (AvgIpc) is 3.21.